The molecule has 3 rings (SSSR count). The zero-order chi connectivity index (χ0) is 18.2. The molecular formula is C17H23F3N2O3. The molecule has 8 heteroatoms. The van der Waals surface area contributed by atoms with Crippen LogP contribution < -0.4 is 4.90 Å². The normalized spacial score (nSPS) is 31.5. The molecule has 2 aliphatic rings. The molecule has 0 aliphatic carbocycles. The number of alkyl halides is 3. The van der Waals surface area contributed by atoms with Crippen LogP contribution in [0.25, 0.3) is 0 Å². The highest BCUT2D eigenvalue weighted by atomic mass is 19.4. The zero-order valence-corrected chi connectivity index (χ0v) is 13.7. The second-order valence-corrected chi connectivity index (χ2v) is 6.96. The summed E-state index contributed by atoms with van der Waals surface area (Å²) in [6, 6.07) is 5.59. The van der Waals surface area contributed by atoms with E-state index in [0.29, 0.717) is 19.6 Å². The summed E-state index contributed by atoms with van der Waals surface area (Å²) in [7, 11) is 0. The van der Waals surface area contributed by atoms with Crippen molar-refractivity contribution in [3.05, 3.63) is 29.8 Å². The molecule has 0 spiro atoms. The summed E-state index contributed by atoms with van der Waals surface area (Å²) in [5.74, 6) is 0.149. The van der Waals surface area contributed by atoms with Crippen LogP contribution >= 0.6 is 0 Å². The van der Waals surface area contributed by atoms with E-state index < -0.39 is 30.1 Å². The minimum absolute atomic E-state index is 0.149. The van der Waals surface area contributed by atoms with Gasteiger partial charge in [-0.05, 0) is 24.5 Å². The Balaban J connectivity index is 1.63. The molecule has 4 atom stereocenters. The molecule has 3 N–H and O–H groups in total. The van der Waals surface area contributed by atoms with E-state index in [1.165, 1.54) is 12.1 Å². The number of rotatable bonds is 3. The third-order valence-electron chi connectivity index (χ3n) is 5.03. The van der Waals surface area contributed by atoms with Crippen LogP contribution in [0.1, 0.15) is 12.0 Å². The first-order valence-corrected chi connectivity index (χ1v) is 8.43. The zero-order valence-electron chi connectivity index (χ0n) is 13.7. The number of nitrogens with zero attached hydrogens (tertiary/aromatic N) is 2. The Labute approximate surface area is 144 Å². The number of hydrogen-bond donors (Lipinski definition) is 3. The van der Waals surface area contributed by atoms with Crippen LogP contribution in [0.15, 0.2) is 24.3 Å². The monoisotopic (exact) mass is 360 g/mol. The molecule has 140 valence electrons. The molecule has 0 aromatic heterocycles. The van der Waals surface area contributed by atoms with Crippen molar-refractivity contribution in [3.8, 4) is 0 Å². The van der Waals surface area contributed by atoms with Crippen LogP contribution in [0.3, 0.4) is 0 Å². The molecule has 2 aliphatic heterocycles. The fourth-order valence-electron chi connectivity index (χ4n) is 3.78. The highest BCUT2D eigenvalue weighted by Gasteiger charge is 2.38. The molecule has 2 fully saturated rings. The number of anilines is 1. The first-order chi connectivity index (χ1) is 11.8. The van der Waals surface area contributed by atoms with Crippen LogP contribution in [0.2, 0.25) is 0 Å². The quantitative estimate of drug-likeness (QED) is 0.748. The fourth-order valence-corrected chi connectivity index (χ4v) is 3.78. The third-order valence-corrected chi connectivity index (χ3v) is 5.03. The van der Waals surface area contributed by atoms with Gasteiger partial charge in [0, 0.05) is 38.4 Å². The largest absolute Gasteiger partial charge is 0.418 e. The van der Waals surface area contributed by atoms with Gasteiger partial charge >= 0.3 is 6.18 Å². The van der Waals surface area contributed by atoms with Gasteiger partial charge in [-0.2, -0.15) is 13.2 Å². The van der Waals surface area contributed by atoms with E-state index in [1.54, 1.807) is 11.0 Å². The summed E-state index contributed by atoms with van der Waals surface area (Å²) < 4.78 is 39.5. The van der Waals surface area contributed by atoms with Gasteiger partial charge in [0.15, 0.2) is 0 Å². The van der Waals surface area contributed by atoms with E-state index in [0.717, 1.165) is 12.5 Å². The van der Waals surface area contributed by atoms with Gasteiger partial charge in [0.05, 0.1) is 17.8 Å². The van der Waals surface area contributed by atoms with E-state index in [4.69, 9.17) is 0 Å². The van der Waals surface area contributed by atoms with Crippen LogP contribution in [0.4, 0.5) is 18.9 Å². The Morgan fingerprint density at radius 2 is 1.64 bits per heavy atom. The van der Waals surface area contributed by atoms with Crippen molar-refractivity contribution in [1.29, 1.82) is 0 Å². The van der Waals surface area contributed by atoms with Crippen molar-refractivity contribution in [1.82, 2.24) is 4.90 Å². The van der Waals surface area contributed by atoms with Crippen molar-refractivity contribution >= 4 is 5.69 Å². The minimum Gasteiger partial charge on any atom is -0.389 e. The van der Waals surface area contributed by atoms with E-state index in [9.17, 15) is 28.5 Å². The predicted molar refractivity (Wildman–Crippen MR) is 86.2 cm³/mol. The average molecular weight is 360 g/mol. The van der Waals surface area contributed by atoms with Crippen LogP contribution in [0, 0.1) is 5.92 Å². The lowest BCUT2D eigenvalue weighted by Gasteiger charge is -2.38. The fraction of sp³-hybridized carbons (Fsp3) is 0.647. The number of hydrogen-bond acceptors (Lipinski definition) is 5. The first-order valence-electron chi connectivity index (χ1n) is 8.43. The number of benzene rings is 1. The third kappa shape index (κ3) is 4.08. The molecule has 0 radical (unpaired) electrons. The van der Waals surface area contributed by atoms with Crippen molar-refractivity contribution < 1.29 is 28.5 Å². The lowest BCUT2D eigenvalue weighted by atomic mass is 10.00. The molecule has 0 unspecified atom stereocenters. The number of aliphatic hydroxyl groups is 3. The average Bonchev–Trinajstić information content (AvgIpc) is 3.00. The van der Waals surface area contributed by atoms with E-state index in [1.807, 2.05) is 4.90 Å². The summed E-state index contributed by atoms with van der Waals surface area (Å²) in [6.07, 6.45) is -6.79. The minimum atomic E-state index is -4.38. The van der Waals surface area contributed by atoms with E-state index in [2.05, 4.69) is 0 Å². The standard InChI is InChI=1S/C17H23F3N2O3/c18-17(19,20)12-3-1-2-4-13(12)22-6-5-11(8-22)7-21-9-14(23)16(25)15(24)10-21/h1-4,11,14-16,23-25H,5-10H2/t11-,14-,15+,16+/m1/s1. The molecule has 2 heterocycles. The summed E-state index contributed by atoms with van der Waals surface area (Å²) in [5, 5.41) is 29.1. The maximum Gasteiger partial charge on any atom is 0.418 e. The number of para-hydroxylation sites is 1. The highest BCUT2D eigenvalue weighted by Crippen LogP contribution is 2.38. The summed E-state index contributed by atoms with van der Waals surface area (Å²) in [6.45, 7) is 2.13. The molecule has 25 heavy (non-hydrogen) atoms. The van der Waals surface area contributed by atoms with Gasteiger partial charge in [-0.1, -0.05) is 12.1 Å². The Morgan fingerprint density at radius 3 is 2.28 bits per heavy atom. The summed E-state index contributed by atoms with van der Waals surface area (Å²) in [4.78, 5) is 3.62. The lowest BCUT2D eigenvalue weighted by molar-refractivity contribution is -0.137. The molecule has 0 amide bonds. The van der Waals surface area contributed by atoms with Crippen LogP contribution in [0.5, 0.6) is 0 Å². The van der Waals surface area contributed by atoms with Crippen LogP contribution in [-0.4, -0.2) is 71.3 Å². The highest BCUT2D eigenvalue weighted by molar-refractivity contribution is 5.55. The van der Waals surface area contributed by atoms with Gasteiger partial charge in [-0.25, -0.2) is 0 Å². The van der Waals surface area contributed by atoms with Gasteiger partial charge in [-0.15, -0.1) is 0 Å². The van der Waals surface area contributed by atoms with Gasteiger partial charge in [0.2, 0.25) is 0 Å². The maximum absolute atomic E-state index is 13.2. The molecular weight excluding hydrogens is 337 g/mol. The first kappa shape index (κ1) is 18.4. The molecule has 1 aromatic carbocycles. The number of piperidine rings is 1. The maximum atomic E-state index is 13.2. The van der Waals surface area contributed by atoms with Gasteiger partial charge in [0.1, 0.15) is 6.10 Å². The van der Waals surface area contributed by atoms with Gasteiger partial charge in [-0.3, -0.25) is 4.90 Å². The van der Waals surface area contributed by atoms with Crippen molar-refractivity contribution in [2.75, 3.05) is 37.6 Å². The lowest BCUT2D eigenvalue weighted by Crippen LogP contribution is -2.56. The van der Waals surface area contributed by atoms with E-state index in [-0.39, 0.29) is 24.7 Å². The molecule has 1 aromatic rings. The molecule has 5 nitrogen and oxygen atoms in total. The van der Waals surface area contributed by atoms with Crippen molar-refractivity contribution in [3.63, 3.8) is 0 Å². The predicted octanol–water partition coefficient (Wildman–Crippen LogP) is 0.930. The van der Waals surface area contributed by atoms with Gasteiger partial charge in [0.25, 0.3) is 0 Å². The Hall–Kier alpha value is -1.35. The van der Waals surface area contributed by atoms with Crippen LogP contribution in [-0.2, 0) is 6.18 Å². The number of likely N-dealkylation sites (tertiary alicyclic amines) is 1. The van der Waals surface area contributed by atoms with E-state index >= 15 is 0 Å². The second kappa shape index (κ2) is 7.11. The Morgan fingerprint density at radius 1 is 1.00 bits per heavy atom. The number of aliphatic hydroxyl groups excluding tert-OH is 3. The topological polar surface area (TPSA) is 67.2 Å². The molecule has 0 bridgehead atoms. The smallest absolute Gasteiger partial charge is 0.389 e. The van der Waals surface area contributed by atoms with Gasteiger partial charge < -0.3 is 20.2 Å². The molecule has 0 saturated carbocycles. The Kier molecular flexibility index (Phi) is 5.24. The molecule has 2 saturated heterocycles. The summed E-state index contributed by atoms with van der Waals surface area (Å²) in [5.41, 5.74) is -0.422. The SMILES string of the molecule is O[C@H]1[C@H](O)CN(C[C@H]2CCN(c3ccccc3C(F)(F)F)C2)C[C@@H]1O. The van der Waals surface area contributed by atoms with Crippen molar-refractivity contribution in [2.45, 2.75) is 30.9 Å². The van der Waals surface area contributed by atoms with Crippen molar-refractivity contribution in [2.24, 2.45) is 5.92 Å². The Bertz CT molecular complexity index is 587. The number of halogens is 3. The number of β-amino-alcohol motifs (C(OH)–C–C–N with tert-alkyl or cyclic N) is 2. The summed E-state index contributed by atoms with van der Waals surface area (Å²) >= 11 is 0. The second-order valence-electron chi connectivity index (χ2n) is 6.96.